The summed E-state index contributed by atoms with van der Waals surface area (Å²) in [5.74, 6) is 0.423. The van der Waals surface area contributed by atoms with Gasteiger partial charge in [0.25, 0.3) is 16.0 Å². The van der Waals surface area contributed by atoms with Gasteiger partial charge in [0.1, 0.15) is 11.5 Å². The molecule has 2 N–H and O–H groups in total. The number of ether oxygens (including phenoxy) is 2. The van der Waals surface area contributed by atoms with Gasteiger partial charge in [-0.2, -0.15) is 8.42 Å². The molecule has 0 aliphatic heterocycles. The van der Waals surface area contributed by atoms with Crippen LogP contribution in [0.5, 0.6) is 17.4 Å². The molecular weight excluding hydrogens is 434 g/mol. The fourth-order valence-corrected chi connectivity index (χ4v) is 2.81. The van der Waals surface area contributed by atoms with E-state index in [9.17, 15) is 13.2 Å². The number of nitrogens with zero attached hydrogens (tertiary/aromatic N) is 2. The summed E-state index contributed by atoms with van der Waals surface area (Å²) in [6, 6.07) is 11.6. The molecule has 11 heteroatoms. The molecule has 30 heavy (non-hydrogen) atoms. The summed E-state index contributed by atoms with van der Waals surface area (Å²) >= 11 is 5.97. The predicted molar refractivity (Wildman–Crippen MR) is 110 cm³/mol. The molecule has 1 amide bonds. The minimum absolute atomic E-state index is 0.283. The fourth-order valence-electron chi connectivity index (χ4n) is 2.37. The molecule has 3 aromatic rings. The Labute approximate surface area is 177 Å². The molecule has 0 saturated heterocycles. The minimum Gasteiger partial charge on any atom is -0.481 e. The number of fused-ring (bicyclic) bond motifs is 1. The molecule has 0 radical (unpaired) electrons. The summed E-state index contributed by atoms with van der Waals surface area (Å²) in [4.78, 5) is 20.6. The number of amides is 1. The van der Waals surface area contributed by atoms with Gasteiger partial charge in [0.05, 0.1) is 17.2 Å². The number of nitrogens with one attached hydrogen (secondary N) is 1. The van der Waals surface area contributed by atoms with Crippen molar-refractivity contribution in [2.45, 2.75) is 25.3 Å². The summed E-state index contributed by atoms with van der Waals surface area (Å²) in [5.41, 5.74) is 1.28. The second-order valence-corrected chi connectivity index (χ2v) is 8.51. The van der Waals surface area contributed by atoms with Gasteiger partial charge >= 0.3 is 0 Å². The molecule has 1 heterocycles. The molecule has 0 aliphatic rings. The molecule has 3 rings (SSSR count). The fraction of sp³-hybridized carbons (Fsp3) is 0.211. The van der Waals surface area contributed by atoms with Crippen molar-refractivity contribution in [3.63, 3.8) is 0 Å². The van der Waals surface area contributed by atoms with Crippen LogP contribution in [0.4, 0.5) is 0 Å². The smallest absolute Gasteiger partial charge is 0.285 e. The van der Waals surface area contributed by atoms with Crippen molar-refractivity contribution >= 4 is 38.7 Å². The van der Waals surface area contributed by atoms with Crippen LogP contribution in [-0.2, 0) is 14.9 Å². The third-order valence-electron chi connectivity index (χ3n) is 4.00. The van der Waals surface area contributed by atoms with E-state index in [4.69, 9.17) is 25.6 Å². The van der Waals surface area contributed by atoms with Gasteiger partial charge < -0.3 is 14.8 Å². The maximum Gasteiger partial charge on any atom is 0.285 e. The van der Waals surface area contributed by atoms with Crippen molar-refractivity contribution in [1.29, 1.82) is 0 Å². The Balaban J connectivity index is 1.63. The van der Waals surface area contributed by atoms with Crippen molar-refractivity contribution in [2.75, 3.05) is 0 Å². The Hall–Kier alpha value is -2.95. The molecule has 0 bridgehead atoms. The van der Waals surface area contributed by atoms with Crippen LogP contribution >= 0.6 is 11.6 Å². The average Bonchev–Trinajstić information content (AvgIpc) is 2.68. The summed E-state index contributed by atoms with van der Waals surface area (Å²) in [5, 5.41) is 1.25. The quantitative estimate of drug-likeness (QED) is 0.524. The lowest BCUT2D eigenvalue weighted by Crippen LogP contribution is -2.44. The van der Waals surface area contributed by atoms with Gasteiger partial charge in [-0.25, -0.2) is 9.97 Å². The first-order valence-electron chi connectivity index (χ1n) is 8.75. The Kier molecular flexibility index (Phi) is 6.40. The van der Waals surface area contributed by atoms with Gasteiger partial charge in [-0.05, 0) is 56.3 Å². The topological polar surface area (TPSA) is 128 Å². The Morgan fingerprint density at radius 3 is 2.43 bits per heavy atom. The number of carbonyl (C=O) groups is 1. The Morgan fingerprint density at radius 2 is 1.77 bits per heavy atom. The lowest BCUT2D eigenvalue weighted by Gasteiger charge is -2.17. The van der Waals surface area contributed by atoms with Crippen LogP contribution in [0.25, 0.3) is 11.0 Å². The van der Waals surface area contributed by atoms with Crippen molar-refractivity contribution in [3.05, 3.63) is 53.7 Å². The first kappa shape index (κ1) is 21.8. The normalized spacial score (nSPS) is 13.5. The van der Waals surface area contributed by atoms with Crippen LogP contribution in [0, 0.1) is 0 Å². The zero-order valence-corrected chi connectivity index (χ0v) is 17.5. The molecular formula is C19H18ClN3O6S. The first-order valence-corrected chi connectivity index (χ1v) is 10.6. The number of carbonyl (C=O) groups excluding carboxylic acids is 1. The molecule has 0 spiro atoms. The summed E-state index contributed by atoms with van der Waals surface area (Å²) < 4.78 is 42.1. The van der Waals surface area contributed by atoms with Crippen LogP contribution in [0.1, 0.15) is 13.8 Å². The molecule has 1 aromatic heterocycles. The van der Waals surface area contributed by atoms with E-state index in [1.165, 1.54) is 13.1 Å². The van der Waals surface area contributed by atoms with Gasteiger partial charge in [0, 0.05) is 5.02 Å². The molecule has 0 aliphatic carbocycles. The maximum absolute atomic E-state index is 12.0. The van der Waals surface area contributed by atoms with Gasteiger partial charge in [-0.3, -0.25) is 9.35 Å². The van der Waals surface area contributed by atoms with E-state index < -0.39 is 27.5 Å². The lowest BCUT2D eigenvalue weighted by atomic mass is 10.3. The number of rotatable bonds is 7. The van der Waals surface area contributed by atoms with E-state index in [1.807, 2.05) is 0 Å². The number of benzene rings is 2. The van der Waals surface area contributed by atoms with E-state index >= 15 is 0 Å². The van der Waals surface area contributed by atoms with Crippen LogP contribution in [-0.4, -0.2) is 40.3 Å². The maximum atomic E-state index is 12.0. The summed E-state index contributed by atoms with van der Waals surface area (Å²) in [7, 11) is -4.38. The van der Waals surface area contributed by atoms with Gasteiger partial charge in [-0.15, -0.1) is 0 Å². The molecule has 0 saturated carbocycles. The Bertz CT molecular complexity index is 1170. The van der Waals surface area contributed by atoms with E-state index in [0.29, 0.717) is 27.6 Å². The summed E-state index contributed by atoms with van der Waals surface area (Å²) in [6.07, 6.45) is 0.501. The third kappa shape index (κ3) is 5.56. The second kappa shape index (κ2) is 8.82. The van der Waals surface area contributed by atoms with Crippen molar-refractivity contribution in [3.8, 4) is 17.4 Å². The Morgan fingerprint density at radius 1 is 1.10 bits per heavy atom. The van der Waals surface area contributed by atoms with Crippen LogP contribution in [0.2, 0.25) is 5.02 Å². The van der Waals surface area contributed by atoms with Crippen LogP contribution in [0.15, 0.2) is 48.7 Å². The number of hydrogen-bond acceptors (Lipinski definition) is 7. The van der Waals surface area contributed by atoms with E-state index in [2.05, 4.69) is 15.3 Å². The van der Waals surface area contributed by atoms with E-state index in [0.717, 1.165) is 6.92 Å². The molecule has 2 atom stereocenters. The molecule has 0 fully saturated rings. The summed E-state index contributed by atoms with van der Waals surface area (Å²) in [6.45, 7) is 2.60. The minimum atomic E-state index is -4.38. The molecule has 158 valence electrons. The molecule has 2 unspecified atom stereocenters. The third-order valence-corrected chi connectivity index (χ3v) is 5.25. The highest BCUT2D eigenvalue weighted by molar-refractivity contribution is 7.86. The number of halogens is 1. The zero-order valence-electron chi connectivity index (χ0n) is 15.9. The van der Waals surface area contributed by atoms with Gasteiger partial charge in [0.15, 0.2) is 11.5 Å². The predicted octanol–water partition coefficient (Wildman–Crippen LogP) is 3.19. The first-order chi connectivity index (χ1) is 14.1. The van der Waals surface area contributed by atoms with Crippen molar-refractivity contribution < 1.29 is 27.2 Å². The highest BCUT2D eigenvalue weighted by atomic mass is 35.5. The van der Waals surface area contributed by atoms with E-state index in [1.54, 1.807) is 42.5 Å². The van der Waals surface area contributed by atoms with Crippen molar-refractivity contribution in [1.82, 2.24) is 15.3 Å². The highest BCUT2D eigenvalue weighted by Crippen LogP contribution is 2.25. The largest absolute Gasteiger partial charge is 0.481 e. The van der Waals surface area contributed by atoms with Crippen molar-refractivity contribution in [2.24, 2.45) is 0 Å². The number of aromatic nitrogens is 2. The molecule has 2 aromatic carbocycles. The van der Waals surface area contributed by atoms with Gasteiger partial charge in [0.2, 0.25) is 5.88 Å². The number of hydrogen-bond donors (Lipinski definition) is 2. The second-order valence-electron chi connectivity index (χ2n) is 6.34. The standard InChI is InChI=1S/C19H18ClN3O6S/c1-11(19(24)22-12(2)30(25,26)27)28-14-4-6-15(7-5-14)29-18-10-21-16-8-3-13(20)9-17(16)23-18/h3-12H,1-2H3,(H,22,24)(H,25,26,27). The van der Waals surface area contributed by atoms with Crippen LogP contribution < -0.4 is 14.8 Å². The average molecular weight is 452 g/mol. The van der Waals surface area contributed by atoms with Crippen LogP contribution in [0.3, 0.4) is 0 Å². The SMILES string of the molecule is CC(Oc1ccc(Oc2cnc3ccc(Cl)cc3n2)cc1)C(=O)NC(C)S(=O)(=O)O. The lowest BCUT2D eigenvalue weighted by molar-refractivity contribution is -0.127. The van der Waals surface area contributed by atoms with E-state index in [-0.39, 0.29) is 5.88 Å². The van der Waals surface area contributed by atoms with Gasteiger partial charge in [-0.1, -0.05) is 11.6 Å². The zero-order chi connectivity index (χ0) is 21.9. The monoisotopic (exact) mass is 451 g/mol. The molecule has 9 nitrogen and oxygen atoms in total. The highest BCUT2D eigenvalue weighted by Gasteiger charge is 2.23.